The summed E-state index contributed by atoms with van der Waals surface area (Å²) in [4.78, 5) is 38.6. The van der Waals surface area contributed by atoms with Gasteiger partial charge < -0.3 is 9.47 Å². The van der Waals surface area contributed by atoms with E-state index in [1.807, 2.05) is 12.1 Å². The number of amides is 2. The van der Waals surface area contributed by atoms with E-state index in [-0.39, 0.29) is 11.8 Å². The van der Waals surface area contributed by atoms with Gasteiger partial charge in [-0.15, -0.1) is 0 Å². The van der Waals surface area contributed by atoms with Gasteiger partial charge in [0.2, 0.25) is 11.8 Å². The SMILES string of the molecule is COC(=O)[C@@]1(C)N[C@@H](c2ccc(OC)cc2)[C@H]2C(=O)N(C)C(=O)[C@@H]21. The van der Waals surface area contributed by atoms with Crippen molar-refractivity contribution < 1.29 is 23.9 Å². The smallest absolute Gasteiger partial charge is 0.326 e. The largest absolute Gasteiger partial charge is 0.497 e. The van der Waals surface area contributed by atoms with Crippen LogP contribution in [0.3, 0.4) is 0 Å². The quantitative estimate of drug-likeness (QED) is 0.641. The molecule has 0 aliphatic carbocycles. The average molecular weight is 332 g/mol. The molecule has 0 bridgehead atoms. The van der Waals surface area contributed by atoms with Crippen molar-refractivity contribution >= 4 is 17.8 Å². The van der Waals surface area contributed by atoms with E-state index in [1.165, 1.54) is 14.2 Å². The molecule has 3 rings (SSSR count). The van der Waals surface area contributed by atoms with E-state index >= 15 is 0 Å². The Bertz CT molecular complexity index is 701. The van der Waals surface area contributed by atoms with E-state index in [0.29, 0.717) is 5.75 Å². The molecule has 0 saturated carbocycles. The Balaban J connectivity index is 2.06. The molecule has 24 heavy (non-hydrogen) atoms. The number of benzene rings is 1. The van der Waals surface area contributed by atoms with Crippen molar-refractivity contribution in [3.63, 3.8) is 0 Å². The molecule has 7 heteroatoms. The number of hydrogen-bond acceptors (Lipinski definition) is 6. The molecular formula is C17H20N2O5. The number of ether oxygens (including phenoxy) is 2. The zero-order valence-corrected chi connectivity index (χ0v) is 14.0. The molecule has 1 aromatic carbocycles. The van der Waals surface area contributed by atoms with Crippen molar-refractivity contribution in [2.45, 2.75) is 18.5 Å². The molecule has 2 fully saturated rings. The van der Waals surface area contributed by atoms with Crippen molar-refractivity contribution in [3.8, 4) is 5.75 Å². The topological polar surface area (TPSA) is 84.9 Å². The van der Waals surface area contributed by atoms with Crippen LogP contribution in [0.25, 0.3) is 0 Å². The van der Waals surface area contributed by atoms with E-state index in [1.54, 1.807) is 26.2 Å². The Labute approximate surface area is 139 Å². The van der Waals surface area contributed by atoms with Crippen molar-refractivity contribution in [2.75, 3.05) is 21.3 Å². The Kier molecular flexibility index (Phi) is 3.83. The second kappa shape index (κ2) is 5.59. The number of carbonyl (C=O) groups excluding carboxylic acids is 3. The van der Waals surface area contributed by atoms with Crippen LogP contribution in [0.4, 0.5) is 0 Å². The number of methoxy groups -OCH3 is 2. The lowest BCUT2D eigenvalue weighted by atomic mass is 9.80. The maximum atomic E-state index is 12.6. The van der Waals surface area contributed by atoms with Crippen LogP contribution < -0.4 is 10.1 Å². The molecule has 2 aliphatic heterocycles. The number of fused-ring (bicyclic) bond motifs is 1. The van der Waals surface area contributed by atoms with Crippen molar-refractivity contribution in [2.24, 2.45) is 11.8 Å². The predicted molar refractivity (Wildman–Crippen MR) is 84.0 cm³/mol. The second-order valence-corrected chi connectivity index (χ2v) is 6.33. The third kappa shape index (κ3) is 2.11. The van der Waals surface area contributed by atoms with Gasteiger partial charge in [0, 0.05) is 13.1 Å². The average Bonchev–Trinajstić information content (AvgIpc) is 3.04. The van der Waals surface area contributed by atoms with E-state index < -0.39 is 29.4 Å². The molecule has 7 nitrogen and oxygen atoms in total. The lowest BCUT2D eigenvalue weighted by Gasteiger charge is -2.27. The van der Waals surface area contributed by atoms with Crippen molar-refractivity contribution in [1.29, 1.82) is 0 Å². The standard InChI is InChI=1S/C17H20N2O5/c1-17(16(22)24-4)12-11(14(20)19(2)15(12)21)13(18-17)9-5-7-10(23-3)8-6-9/h5-8,11-13,18H,1-4H3/t11-,12+,13-,17-/m0/s1. The number of nitrogens with zero attached hydrogens (tertiary/aromatic N) is 1. The van der Waals surface area contributed by atoms with E-state index in [4.69, 9.17) is 9.47 Å². The highest BCUT2D eigenvalue weighted by molar-refractivity contribution is 6.09. The molecule has 1 aromatic rings. The highest BCUT2D eigenvalue weighted by atomic mass is 16.5. The number of carbonyl (C=O) groups is 3. The zero-order valence-electron chi connectivity index (χ0n) is 14.0. The van der Waals surface area contributed by atoms with Gasteiger partial charge in [-0.05, 0) is 24.6 Å². The Morgan fingerprint density at radius 3 is 2.33 bits per heavy atom. The molecule has 128 valence electrons. The Morgan fingerprint density at radius 1 is 1.17 bits per heavy atom. The normalized spacial score (nSPS) is 32.0. The van der Waals surface area contributed by atoms with Crippen molar-refractivity contribution in [3.05, 3.63) is 29.8 Å². The number of rotatable bonds is 3. The molecule has 0 aromatic heterocycles. The minimum Gasteiger partial charge on any atom is -0.497 e. The molecule has 0 spiro atoms. The van der Waals surface area contributed by atoms with Crippen LogP contribution in [0, 0.1) is 11.8 Å². The summed E-state index contributed by atoms with van der Waals surface area (Å²) in [7, 11) is 4.29. The minimum atomic E-state index is -1.25. The molecule has 1 N–H and O–H groups in total. The molecule has 0 unspecified atom stereocenters. The molecule has 2 saturated heterocycles. The number of nitrogens with one attached hydrogen (secondary N) is 1. The first-order valence-corrected chi connectivity index (χ1v) is 7.66. The third-order valence-corrected chi connectivity index (χ3v) is 5.09. The lowest BCUT2D eigenvalue weighted by Crippen LogP contribution is -2.53. The van der Waals surface area contributed by atoms with Gasteiger partial charge >= 0.3 is 5.97 Å². The number of esters is 1. The Morgan fingerprint density at radius 2 is 1.79 bits per heavy atom. The van der Waals surface area contributed by atoms with Crippen LogP contribution in [0.15, 0.2) is 24.3 Å². The highest BCUT2D eigenvalue weighted by Gasteiger charge is 2.66. The third-order valence-electron chi connectivity index (χ3n) is 5.09. The summed E-state index contributed by atoms with van der Waals surface area (Å²) in [5.41, 5.74) is -0.434. The predicted octanol–water partition coefficient (Wildman–Crippen LogP) is 0.502. The van der Waals surface area contributed by atoms with Gasteiger partial charge in [0.25, 0.3) is 0 Å². The van der Waals surface area contributed by atoms with Gasteiger partial charge in [-0.1, -0.05) is 12.1 Å². The summed E-state index contributed by atoms with van der Waals surface area (Å²) in [5, 5.41) is 3.17. The van der Waals surface area contributed by atoms with Crippen LogP contribution in [0.5, 0.6) is 5.75 Å². The molecule has 2 amide bonds. The van der Waals surface area contributed by atoms with Crippen molar-refractivity contribution in [1.82, 2.24) is 10.2 Å². The first-order valence-electron chi connectivity index (χ1n) is 7.66. The summed E-state index contributed by atoms with van der Waals surface area (Å²) >= 11 is 0. The summed E-state index contributed by atoms with van der Waals surface area (Å²) in [5.74, 6) is -1.93. The summed E-state index contributed by atoms with van der Waals surface area (Å²) in [6.45, 7) is 1.62. The van der Waals surface area contributed by atoms with Gasteiger partial charge in [0.1, 0.15) is 11.3 Å². The first-order chi connectivity index (χ1) is 11.3. The van der Waals surface area contributed by atoms with Gasteiger partial charge in [-0.25, -0.2) is 0 Å². The zero-order chi connectivity index (χ0) is 17.6. The lowest BCUT2D eigenvalue weighted by molar-refractivity contribution is -0.152. The fourth-order valence-corrected chi connectivity index (χ4v) is 3.78. The van der Waals surface area contributed by atoms with Gasteiger partial charge in [-0.3, -0.25) is 24.6 Å². The fourth-order valence-electron chi connectivity index (χ4n) is 3.78. The fraction of sp³-hybridized carbons (Fsp3) is 0.471. The molecule has 4 atom stereocenters. The Hall–Kier alpha value is -2.41. The first kappa shape index (κ1) is 16.4. The minimum absolute atomic E-state index is 0.286. The van der Waals surface area contributed by atoms with Crippen LogP contribution in [-0.2, 0) is 19.1 Å². The maximum absolute atomic E-state index is 12.6. The van der Waals surface area contributed by atoms with Gasteiger partial charge in [-0.2, -0.15) is 0 Å². The molecule has 2 heterocycles. The second-order valence-electron chi connectivity index (χ2n) is 6.33. The van der Waals surface area contributed by atoms with E-state index in [0.717, 1.165) is 10.5 Å². The molecule has 0 radical (unpaired) electrons. The number of likely N-dealkylation sites (tertiary alicyclic amines) is 1. The highest BCUT2D eigenvalue weighted by Crippen LogP contribution is 2.48. The van der Waals surface area contributed by atoms with Crippen LogP contribution >= 0.6 is 0 Å². The summed E-state index contributed by atoms with van der Waals surface area (Å²) in [6.07, 6.45) is 0. The van der Waals surface area contributed by atoms with Crippen LogP contribution in [0.1, 0.15) is 18.5 Å². The van der Waals surface area contributed by atoms with Crippen LogP contribution in [0.2, 0.25) is 0 Å². The summed E-state index contributed by atoms with van der Waals surface area (Å²) in [6, 6.07) is 6.76. The van der Waals surface area contributed by atoms with Gasteiger partial charge in [0.05, 0.1) is 26.1 Å². The van der Waals surface area contributed by atoms with E-state index in [2.05, 4.69) is 5.32 Å². The number of imide groups is 1. The summed E-state index contributed by atoms with van der Waals surface area (Å²) < 4.78 is 10.0. The van der Waals surface area contributed by atoms with Gasteiger partial charge in [0.15, 0.2) is 0 Å². The van der Waals surface area contributed by atoms with E-state index in [9.17, 15) is 14.4 Å². The van der Waals surface area contributed by atoms with Crippen LogP contribution in [-0.4, -0.2) is 49.5 Å². The monoisotopic (exact) mass is 332 g/mol. The molecule has 2 aliphatic rings. The number of hydrogen-bond donors (Lipinski definition) is 1. The maximum Gasteiger partial charge on any atom is 0.326 e. The molecular weight excluding hydrogens is 312 g/mol.